The van der Waals surface area contributed by atoms with E-state index < -0.39 is 0 Å². The van der Waals surface area contributed by atoms with E-state index in [-0.39, 0.29) is 0 Å². The third kappa shape index (κ3) is 0.904. The van der Waals surface area contributed by atoms with Crippen LogP contribution in [-0.4, -0.2) is 4.98 Å². The molecule has 0 aliphatic rings. The van der Waals surface area contributed by atoms with Crippen molar-refractivity contribution >= 4 is 13.2 Å². The lowest BCUT2D eigenvalue weighted by molar-refractivity contribution is 1.08. The third-order valence-electron chi connectivity index (χ3n) is 0.780. The molecule has 1 heterocycles. The van der Waals surface area contributed by atoms with Gasteiger partial charge in [0.2, 0.25) is 0 Å². The van der Waals surface area contributed by atoms with Crippen molar-refractivity contribution in [2.24, 2.45) is 0 Å². The summed E-state index contributed by atoms with van der Waals surface area (Å²) in [5, 5.41) is 1.43. The first-order valence-corrected chi connectivity index (χ1v) is 2.25. The molecule has 0 aliphatic carbocycles. The molecule has 1 aromatic heterocycles. The van der Waals surface area contributed by atoms with Crippen LogP contribution in [0.2, 0.25) is 0 Å². The van der Waals surface area contributed by atoms with Crippen molar-refractivity contribution < 1.29 is 0 Å². The Morgan fingerprint density at radius 2 is 2.38 bits per heavy atom. The molecular formula is C6H6N2. The van der Waals surface area contributed by atoms with Gasteiger partial charge in [-0.15, -0.1) is 0 Å². The van der Waals surface area contributed by atoms with E-state index in [1.807, 2.05) is 0 Å². The zero-order valence-electron chi connectivity index (χ0n) is 4.46. The second-order valence-electron chi connectivity index (χ2n) is 1.50. The Hall–Kier alpha value is -1.18. The fourth-order valence-electron chi connectivity index (χ4n) is 0.444. The highest BCUT2D eigenvalue weighted by molar-refractivity contribution is 5.00. The minimum Gasteiger partial charge on any atom is -0.420 e. The molecule has 1 rings (SSSR count). The van der Waals surface area contributed by atoms with Crippen LogP contribution in [0.3, 0.4) is 0 Å². The van der Waals surface area contributed by atoms with Gasteiger partial charge in [0.1, 0.15) is 0 Å². The fourth-order valence-corrected chi connectivity index (χ4v) is 0.444. The van der Waals surface area contributed by atoms with Gasteiger partial charge in [-0.3, -0.25) is 0 Å². The Kier molecular flexibility index (Phi) is 1.08. The monoisotopic (exact) mass is 106 g/mol. The highest BCUT2D eigenvalue weighted by Crippen LogP contribution is 1.45. The molecule has 0 radical (unpaired) electrons. The van der Waals surface area contributed by atoms with Gasteiger partial charge in [0.25, 0.3) is 0 Å². The number of hydrogen-bond acceptors (Lipinski definition) is 1. The van der Waals surface area contributed by atoms with Gasteiger partial charge < -0.3 is 9.97 Å². The Labute approximate surface area is 47.2 Å². The smallest absolute Gasteiger partial charge is 0.0645 e. The van der Waals surface area contributed by atoms with Gasteiger partial charge in [-0.25, -0.2) is 0 Å². The zero-order valence-corrected chi connectivity index (χ0v) is 4.46. The molecule has 0 spiro atoms. The fraction of sp³-hybridized carbons (Fsp3) is 0. The maximum atomic E-state index is 3.78. The molecule has 0 aliphatic heterocycles. The van der Waals surface area contributed by atoms with E-state index in [2.05, 4.69) is 23.1 Å². The van der Waals surface area contributed by atoms with Crippen molar-refractivity contribution in [3.05, 3.63) is 23.1 Å². The molecule has 0 amide bonds. The average molecular weight is 106 g/mol. The Morgan fingerprint density at radius 3 is 2.75 bits per heavy atom. The van der Waals surface area contributed by atoms with Gasteiger partial charge >= 0.3 is 0 Å². The van der Waals surface area contributed by atoms with Crippen LogP contribution in [0.1, 0.15) is 0 Å². The molecule has 0 atom stereocenters. The van der Waals surface area contributed by atoms with Crippen LogP contribution in [0.25, 0.3) is 13.2 Å². The van der Waals surface area contributed by atoms with Gasteiger partial charge in [0, 0.05) is 6.07 Å². The first-order chi connectivity index (χ1) is 3.79. The number of nitrogens with zero attached hydrogens (tertiary/aromatic N) is 2. The van der Waals surface area contributed by atoms with E-state index in [4.69, 9.17) is 0 Å². The summed E-state index contributed by atoms with van der Waals surface area (Å²) in [5.41, 5.74) is 0. The Bertz CT molecular complexity index is 241. The first kappa shape index (κ1) is 4.97. The van der Waals surface area contributed by atoms with Crippen molar-refractivity contribution in [1.29, 1.82) is 0 Å². The molecule has 40 valence electrons. The van der Waals surface area contributed by atoms with Crippen molar-refractivity contribution in [3.8, 4) is 0 Å². The summed E-state index contributed by atoms with van der Waals surface area (Å²) in [7, 11) is 0. The van der Waals surface area contributed by atoms with E-state index in [0.717, 1.165) is 0 Å². The number of hydrogen-bond donors (Lipinski definition) is 0. The van der Waals surface area contributed by atoms with E-state index in [0.29, 0.717) is 10.7 Å². The van der Waals surface area contributed by atoms with Crippen molar-refractivity contribution in [2.45, 2.75) is 0 Å². The molecule has 0 saturated heterocycles. The quantitative estimate of drug-likeness (QED) is 0.402. The van der Waals surface area contributed by atoms with Crippen molar-refractivity contribution in [3.63, 3.8) is 0 Å². The lowest BCUT2D eigenvalue weighted by atomic mass is 10.5. The van der Waals surface area contributed by atoms with Gasteiger partial charge in [0.15, 0.2) is 0 Å². The predicted molar refractivity (Wildman–Crippen MR) is 32.3 cm³/mol. The number of rotatable bonds is 0. The molecule has 0 aromatic carbocycles. The molecule has 0 saturated carbocycles. The first-order valence-electron chi connectivity index (χ1n) is 2.25. The highest BCUT2D eigenvalue weighted by Gasteiger charge is 1.68. The van der Waals surface area contributed by atoms with Crippen LogP contribution >= 0.6 is 0 Å². The topological polar surface area (TPSA) is 27.0 Å². The lowest BCUT2D eigenvalue weighted by Crippen LogP contribution is -2.16. The van der Waals surface area contributed by atoms with E-state index in [1.54, 1.807) is 6.07 Å². The largest absolute Gasteiger partial charge is 0.420 e. The van der Waals surface area contributed by atoms with E-state index in [9.17, 15) is 0 Å². The summed E-state index contributed by atoms with van der Waals surface area (Å²) in [6, 6.07) is 1.72. The molecular weight excluding hydrogens is 100 g/mol. The van der Waals surface area contributed by atoms with Gasteiger partial charge in [-0.1, -0.05) is 6.33 Å². The SMILES string of the molecule is C=c1[cH+]c(=C)[n-]cn1. The third-order valence-corrected chi connectivity index (χ3v) is 0.780. The van der Waals surface area contributed by atoms with Crippen LogP contribution in [0.5, 0.6) is 0 Å². The van der Waals surface area contributed by atoms with Crippen molar-refractivity contribution in [1.82, 2.24) is 9.97 Å². The Morgan fingerprint density at radius 1 is 1.62 bits per heavy atom. The molecule has 0 bridgehead atoms. The maximum absolute atomic E-state index is 3.78. The van der Waals surface area contributed by atoms with E-state index in [1.165, 1.54) is 6.33 Å². The molecule has 2 nitrogen and oxygen atoms in total. The summed E-state index contributed by atoms with van der Waals surface area (Å²) in [6.45, 7) is 7.18. The van der Waals surface area contributed by atoms with Crippen LogP contribution in [0.4, 0.5) is 0 Å². The minimum atomic E-state index is 0.713. The average Bonchev–Trinajstić information content (AvgIpc) is 1.64. The molecule has 0 fully saturated rings. The van der Waals surface area contributed by atoms with Gasteiger partial charge in [-0.05, 0) is 13.2 Å². The maximum Gasteiger partial charge on any atom is 0.0645 e. The van der Waals surface area contributed by atoms with Crippen LogP contribution in [-0.2, 0) is 0 Å². The zero-order chi connectivity index (χ0) is 5.98. The summed E-state index contributed by atoms with van der Waals surface area (Å²) in [5.74, 6) is 0. The van der Waals surface area contributed by atoms with E-state index >= 15 is 0 Å². The summed E-state index contributed by atoms with van der Waals surface area (Å²) in [6.07, 6.45) is 1.45. The number of aromatic nitrogens is 2. The summed E-state index contributed by atoms with van der Waals surface area (Å²) < 4.78 is 0. The van der Waals surface area contributed by atoms with Crippen LogP contribution < -0.4 is 15.7 Å². The minimum absolute atomic E-state index is 0.713. The van der Waals surface area contributed by atoms with Crippen LogP contribution in [0.15, 0.2) is 12.4 Å². The normalized spacial score (nSPS) is 9.00. The van der Waals surface area contributed by atoms with Crippen LogP contribution in [0, 0.1) is 0 Å². The van der Waals surface area contributed by atoms with Gasteiger partial charge in [-0.2, -0.15) is 0 Å². The molecule has 8 heavy (non-hydrogen) atoms. The predicted octanol–water partition coefficient (Wildman–Crippen LogP) is -0.860. The summed E-state index contributed by atoms with van der Waals surface area (Å²) >= 11 is 0. The Balaban J connectivity index is 3.50. The second-order valence-corrected chi connectivity index (χ2v) is 1.50. The standard InChI is InChI=1S/C6H6N2/c1-5-3-6(2)8-4-7-5/h3-4H,1-2H2. The highest BCUT2D eigenvalue weighted by atomic mass is 14.8. The molecule has 0 unspecified atom stereocenters. The molecule has 0 N–H and O–H groups in total. The lowest BCUT2D eigenvalue weighted by Gasteiger charge is -1.86. The molecule has 1 aromatic rings. The molecule has 2 heteroatoms. The summed E-state index contributed by atoms with van der Waals surface area (Å²) in [4.78, 5) is 7.56. The van der Waals surface area contributed by atoms with Crippen molar-refractivity contribution in [2.75, 3.05) is 0 Å². The second kappa shape index (κ2) is 1.74. The van der Waals surface area contributed by atoms with Gasteiger partial charge in [0.05, 0.1) is 10.7 Å².